The standard InChI is InChI=1S/C13H19N3O2/c1-18-13(17)12-3-2-6-16(12)9-10-4-5-15-11(7-10)8-14/h4-5,7,12H,2-3,6,8-9,14H2,1H3. The molecular weight excluding hydrogens is 230 g/mol. The number of nitrogens with two attached hydrogens (primary N) is 1. The van der Waals surface area contributed by atoms with Crippen LogP contribution in [0.15, 0.2) is 18.3 Å². The molecule has 0 saturated carbocycles. The molecule has 5 nitrogen and oxygen atoms in total. The van der Waals surface area contributed by atoms with E-state index in [1.54, 1.807) is 6.20 Å². The first-order valence-electron chi connectivity index (χ1n) is 6.20. The maximum atomic E-state index is 11.6. The van der Waals surface area contributed by atoms with Crippen LogP contribution in [0, 0.1) is 0 Å². The van der Waals surface area contributed by atoms with E-state index in [0.717, 1.165) is 37.2 Å². The third kappa shape index (κ3) is 2.86. The highest BCUT2D eigenvalue weighted by Crippen LogP contribution is 2.21. The Kier molecular flexibility index (Phi) is 4.28. The highest BCUT2D eigenvalue weighted by atomic mass is 16.5. The largest absolute Gasteiger partial charge is 0.468 e. The van der Waals surface area contributed by atoms with Crippen LogP contribution in [0.1, 0.15) is 24.1 Å². The van der Waals surface area contributed by atoms with Gasteiger partial charge in [0.25, 0.3) is 0 Å². The Hall–Kier alpha value is -1.46. The lowest BCUT2D eigenvalue weighted by Gasteiger charge is -2.22. The maximum absolute atomic E-state index is 11.6. The van der Waals surface area contributed by atoms with Gasteiger partial charge in [-0.2, -0.15) is 0 Å². The molecule has 1 saturated heterocycles. The van der Waals surface area contributed by atoms with Crippen LogP contribution in [0.2, 0.25) is 0 Å². The van der Waals surface area contributed by atoms with Gasteiger partial charge in [0.05, 0.1) is 12.8 Å². The first-order valence-corrected chi connectivity index (χ1v) is 6.20. The molecule has 2 heterocycles. The Morgan fingerprint density at radius 3 is 3.22 bits per heavy atom. The van der Waals surface area contributed by atoms with Gasteiger partial charge in [-0.25, -0.2) is 0 Å². The molecule has 0 radical (unpaired) electrons. The van der Waals surface area contributed by atoms with Gasteiger partial charge in [0, 0.05) is 19.3 Å². The second-order valence-electron chi connectivity index (χ2n) is 4.51. The predicted octanol–water partition coefficient (Wildman–Crippen LogP) is 0.678. The zero-order chi connectivity index (χ0) is 13.0. The van der Waals surface area contributed by atoms with Crippen LogP contribution >= 0.6 is 0 Å². The minimum absolute atomic E-state index is 0.107. The Balaban J connectivity index is 2.05. The molecule has 0 aromatic carbocycles. The number of ether oxygens (including phenoxy) is 1. The first-order chi connectivity index (χ1) is 8.74. The second-order valence-corrected chi connectivity index (χ2v) is 4.51. The number of rotatable bonds is 4. The van der Waals surface area contributed by atoms with E-state index >= 15 is 0 Å². The van der Waals surface area contributed by atoms with Crippen molar-refractivity contribution in [2.24, 2.45) is 5.73 Å². The van der Waals surface area contributed by atoms with Crippen molar-refractivity contribution < 1.29 is 9.53 Å². The van der Waals surface area contributed by atoms with Crippen molar-refractivity contribution in [2.45, 2.75) is 32.0 Å². The number of hydrogen-bond acceptors (Lipinski definition) is 5. The van der Waals surface area contributed by atoms with E-state index < -0.39 is 0 Å². The van der Waals surface area contributed by atoms with E-state index in [1.165, 1.54) is 7.11 Å². The maximum Gasteiger partial charge on any atom is 0.323 e. The average Bonchev–Trinajstić information content (AvgIpc) is 2.86. The summed E-state index contributed by atoms with van der Waals surface area (Å²) in [4.78, 5) is 18.0. The van der Waals surface area contributed by atoms with Gasteiger partial charge < -0.3 is 10.5 Å². The summed E-state index contributed by atoms with van der Waals surface area (Å²) in [7, 11) is 1.44. The lowest BCUT2D eigenvalue weighted by molar-refractivity contribution is -0.146. The molecule has 0 amide bonds. The molecule has 1 fully saturated rings. The van der Waals surface area contributed by atoms with Gasteiger partial charge in [0.1, 0.15) is 6.04 Å². The summed E-state index contributed by atoms with van der Waals surface area (Å²) < 4.78 is 4.83. The molecule has 1 aromatic heterocycles. The van der Waals surface area contributed by atoms with Gasteiger partial charge in [-0.05, 0) is 37.1 Å². The van der Waals surface area contributed by atoms with Gasteiger partial charge in [-0.15, -0.1) is 0 Å². The number of carbonyl (C=O) groups excluding carboxylic acids is 1. The molecule has 2 rings (SSSR count). The molecule has 1 atom stereocenters. The summed E-state index contributed by atoms with van der Waals surface area (Å²) in [5.41, 5.74) is 7.59. The first kappa shape index (κ1) is 13.0. The van der Waals surface area contributed by atoms with E-state index in [1.807, 2.05) is 12.1 Å². The second kappa shape index (κ2) is 5.93. The summed E-state index contributed by atoms with van der Waals surface area (Å²) in [5, 5.41) is 0. The Bertz CT molecular complexity index is 422. The van der Waals surface area contributed by atoms with Gasteiger partial charge >= 0.3 is 5.97 Å². The van der Waals surface area contributed by atoms with Crippen LogP contribution in [0.3, 0.4) is 0 Å². The third-order valence-electron chi connectivity index (χ3n) is 3.31. The molecule has 98 valence electrons. The average molecular weight is 249 g/mol. The molecule has 5 heteroatoms. The Morgan fingerprint density at radius 1 is 1.67 bits per heavy atom. The molecule has 0 spiro atoms. The van der Waals surface area contributed by atoms with Crippen molar-refractivity contribution in [2.75, 3.05) is 13.7 Å². The number of carbonyl (C=O) groups is 1. The molecule has 1 aromatic rings. The molecule has 2 N–H and O–H groups in total. The van der Waals surface area contributed by atoms with Crippen molar-refractivity contribution in [3.8, 4) is 0 Å². The van der Waals surface area contributed by atoms with Crippen LogP contribution in [0.4, 0.5) is 0 Å². The lowest BCUT2D eigenvalue weighted by atomic mass is 10.2. The summed E-state index contributed by atoms with van der Waals surface area (Å²) in [6, 6.07) is 3.85. The van der Waals surface area contributed by atoms with Crippen molar-refractivity contribution >= 4 is 5.97 Å². The minimum atomic E-state index is -0.138. The number of hydrogen-bond donors (Lipinski definition) is 1. The smallest absolute Gasteiger partial charge is 0.323 e. The minimum Gasteiger partial charge on any atom is -0.468 e. The molecule has 1 aliphatic heterocycles. The molecule has 1 aliphatic rings. The fourth-order valence-electron chi connectivity index (χ4n) is 2.39. The highest BCUT2D eigenvalue weighted by Gasteiger charge is 2.31. The SMILES string of the molecule is COC(=O)C1CCCN1Cc1ccnc(CN)c1. The van der Waals surface area contributed by atoms with E-state index in [-0.39, 0.29) is 12.0 Å². The van der Waals surface area contributed by atoms with Crippen molar-refractivity contribution in [1.82, 2.24) is 9.88 Å². The highest BCUT2D eigenvalue weighted by molar-refractivity contribution is 5.75. The molecular formula is C13H19N3O2. The predicted molar refractivity (Wildman–Crippen MR) is 67.6 cm³/mol. The van der Waals surface area contributed by atoms with Gasteiger partial charge in [-0.1, -0.05) is 0 Å². The Morgan fingerprint density at radius 2 is 2.50 bits per heavy atom. The number of nitrogens with zero attached hydrogens (tertiary/aromatic N) is 2. The summed E-state index contributed by atoms with van der Waals surface area (Å²) in [6.07, 6.45) is 3.68. The fraction of sp³-hybridized carbons (Fsp3) is 0.538. The van der Waals surface area contributed by atoms with E-state index in [9.17, 15) is 4.79 Å². The van der Waals surface area contributed by atoms with Crippen LogP contribution < -0.4 is 5.73 Å². The zero-order valence-electron chi connectivity index (χ0n) is 10.6. The summed E-state index contributed by atoms with van der Waals surface area (Å²) >= 11 is 0. The van der Waals surface area contributed by atoms with Gasteiger partial charge in [0.2, 0.25) is 0 Å². The number of likely N-dealkylation sites (tertiary alicyclic amines) is 1. The summed E-state index contributed by atoms with van der Waals surface area (Å²) in [5.74, 6) is -0.138. The number of esters is 1. The number of pyridine rings is 1. The number of aromatic nitrogens is 1. The topological polar surface area (TPSA) is 68.5 Å². The molecule has 18 heavy (non-hydrogen) atoms. The zero-order valence-corrected chi connectivity index (χ0v) is 10.6. The van der Waals surface area contributed by atoms with Crippen molar-refractivity contribution in [1.29, 1.82) is 0 Å². The van der Waals surface area contributed by atoms with Crippen LogP contribution in [-0.4, -0.2) is 35.5 Å². The molecule has 0 aliphatic carbocycles. The molecule has 1 unspecified atom stereocenters. The van der Waals surface area contributed by atoms with E-state index in [4.69, 9.17) is 10.5 Å². The van der Waals surface area contributed by atoms with Crippen LogP contribution in [0.25, 0.3) is 0 Å². The molecule has 0 bridgehead atoms. The van der Waals surface area contributed by atoms with Crippen LogP contribution in [0.5, 0.6) is 0 Å². The fourth-order valence-corrected chi connectivity index (χ4v) is 2.39. The monoisotopic (exact) mass is 249 g/mol. The van der Waals surface area contributed by atoms with E-state index in [0.29, 0.717) is 6.54 Å². The van der Waals surface area contributed by atoms with Crippen LogP contribution in [-0.2, 0) is 22.6 Å². The van der Waals surface area contributed by atoms with Gasteiger partial charge in [-0.3, -0.25) is 14.7 Å². The van der Waals surface area contributed by atoms with Gasteiger partial charge in [0.15, 0.2) is 0 Å². The van der Waals surface area contributed by atoms with Crippen molar-refractivity contribution in [3.05, 3.63) is 29.6 Å². The Labute approximate surface area is 107 Å². The third-order valence-corrected chi connectivity index (χ3v) is 3.31. The lowest BCUT2D eigenvalue weighted by Crippen LogP contribution is -2.36. The summed E-state index contributed by atoms with van der Waals surface area (Å²) in [6.45, 7) is 2.11. The number of methoxy groups -OCH3 is 1. The van der Waals surface area contributed by atoms with E-state index in [2.05, 4.69) is 9.88 Å². The normalized spacial score (nSPS) is 20.0. The quantitative estimate of drug-likeness (QED) is 0.795. The van der Waals surface area contributed by atoms with Crippen molar-refractivity contribution in [3.63, 3.8) is 0 Å².